The van der Waals surface area contributed by atoms with E-state index >= 15 is 0 Å². The van der Waals surface area contributed by atoms with Gasteiger partial charge in [0.15, 0.2) is 0 Å². The van der Waals surface area contributed by atoms with Crippen molar-refractivity contribution >= 4 is 28.5 Å². The van der Waals surface area contributed by atoms with Crippen LogP contribution in [-0.4, -0.2) is 60.9 Å². The summed E-state index contributed by atoms with van der Waals surface area (Å²) >= 11 is 0. The Morgan fingerprint density at radius 2 is 1.69 bits per heavy atom. The first-order valence-corrected chi connectivity index (χ1v) is 12.6. The van der Waals surface area contributed by atoms with Crippen LogP contribution in [0.15, 0.2) is 52.9 Å². The Kier molecular flexibility index (Phi) is 7.04. The van der Waals surface area contributed by atoms with Gasteiger partial charge in [0.2, 0.25) is 11.7 Å². The number of hydrogen-bond acceptors (Lipinski definition) is 5. The molecule has 0 unspecified atom stereocenters. The lowest BCUT2D eigenvalue weighted by atomic mass is 9.99. The van der Waals surface area contributed by atoms with Crippen LogP contribution in [0, 0.1) is 0 Å². The van der Waals surface area contributed by atoms with E-state index in [1.165, 1.54) is 32.4 Å². The second-order valence-corrected chi connectivity index (χ2v) is 9.50. The first-order chi connectivity index (χ1) is 17.1. The summed E-state index contributed by atoms with van der Waals surface area (Å²) in [5, 5.41) is 3.71. The predicted octanol–water partition coefficient (Wildman–Crippen LogP) is 4.71. The van der Waals surface area contributed by atoms with Crippen LogP contribution in [0.2, 0.25) is 0 Å². The first kappa shape index (κ1) is 23.4. The number of anilines is 1. The molecule has 2 aliphatic heterocycles. The molecule has 0 bridgehead atoms. The highest BCUT2D eigenvalue weighted by atomic mass is 16.5. The fraction of sp³-hybridized carbons (Fsp3) is 0.429. The van der Waals surface area contributed by atoms with E-state index in [-0.39, 0.29) is 24.0 Å². The van der Waals surface area contributed by atoms with Gasteiger partial charge < -0.3 is 24.3 Å². The second-order valence-electron chi connectivity index (χ2n) is 9.50. The van der Waals surface area contributed by atoms with Crippen molar-refractivity contribution < 1.29 is 18.7 Å². The van der Waals surface area contributed by atoms with Crippen molar-refractivity contribution in [2.75, 3.05) is 38.6 Å². The molecule has 0 atom stereocenters. The third-order valence-corrected chi connectivity index (χ3v) is 7.24. The maximum atomic E-state index is 13.5. The molecule has 1 aromatic heterocycles. The van der Waals surface area contributed by atoms with Crippen molar-refractivity contribution in [3.63, 3.8) is 0 Å². The highest BCUT2D eigenvalue weighted by Gasteiger charge is 2.31. The normalized spacial score (nSPS) is 17.5. The smallest absolute Gasteiger partial charge is 0.291 e. The van der Waals surface area contributed by atoms with Gasteiger partial charge in [-0.25, -0.2) is 0 Å². The molecule has 1 N–H and O–H groups in total. The average molecular weight is 476 g/mol. The molecular weight excluding hydrogens is 442 g/mol. The third kappa shape index (κ3) is 5.20. The molecule has 2 fully saturated rings. The summed E-state index contributed by atoms with van der Waals surface area (Å²) in [5.41, 5.74) is 1.92. The maximum Gasteiger partial charge on any atom is 0.291 e. The van der Waals surface area contributed by atoms with Crippen LogP contribution in [0.3, 0.4) is 0 Å². The number of amides is 2. The summed E-state index contributed by atoms with van der Waals surface area (Å²) in [4.78, 5) is 30.9. The van der Waals surface area contributed by atoms with E-state index in [9.17, 15) is 9.59 Å². The average Bonchev–Trinajstić information content (AvgIpc) is 3.27. The van der Waals surface area contributed by atoms with E-state index in [4.69, 9.17) is 9.15 Å². The van der Waals surface area contributed by atoms with Crippen LogP contribution in [0.25, 0.3) is 11.0 Å². The number of fused-ring (bicyclic) bond motifs is 1. The fourth-order valence-electron chi connectivity index (χ4n) is 5.29. The quantitative estimate of drug-likeness (QED) is 0.559. The molecule has 7 nitrogen and oxygen atoms in total. The number of para-hydroxylation sites is 1. The number of benzene rings is 2. The maximum absolute atomic E-state index is 13.5. The topological polar surface area (TPSA) is 75.0 Å². The minimum Gasteiger partial charge on any atom is -0.497 e. The van der Waals surface area contributed by atoms with E-state index in [1.807, 2.05) is 53.4 Å². The highest BCUT2D eigenvalue weighted by Crippen LogP contribution is 2.33. The van der Waals surface area contributed by atoms with Gasteiger partial charge in [0.1, 0.15) is 17.0 Å². The zero-order valence-electron chi connectivity index (χ0n) is 20.3. The monoisotopic (exact) mass is 475 g/mol. The number of rotatable bonds is 6. The summed E-state index contributed by atoms with van der Waals surface area (Å²) in [6.45, 7) is 3.76. The summed E-state index contributed by atoms with van der Waals surface area (Å²) in [6.07, 6.45) is 6.02. The number of methoxy groups -OCH3 is 1. The predicted molar refractivity (Wildman–Crippen MR) is 136 cm³/mol. The molecule has 7 heteroatoms. The van der Waals surface area contributed by atoms with Gasteiger partial charge in [-0.2, -0.15) is 0 Å². The van der Waals surface area contributed by atoms with E-state index in [0.717, 1.165) is 29.5 Å². The highest BCUT2D eigenvalue weighted by molar-refractivity contribution is 6.11. The fourth-order valence-corrected chi connectivity index (χ4v) is 5.29. The van der Waals surface area contributed by atoms with Gasteiger partial charge in [-0.05, 0) is 68.6 Å². The second kappa shape index (κ2) is 10.5. The van der Waals surface area contributed by atoms with Gasteiger partial charge in [-0.1, -0.05) is 30.7 Å². The molecule has 3 heterocycles. The number of nitrogens with zero attached hydrogens (tertiary/aromatic N) is 2. The Hall–Kier alpha value is -3.32. The van der Waals surface area contributed by atoms with E-state index in [0.29, 0.717) is 30.4 Å². The van der Waals surface area contributed by atoms with Crippen molar-refractivity contribution in [3.05, 3.63) is 59.9 Å². The number of nitrogens with one attached hydrogen (secondary N) is 1. The molecule has 0 aliphatic carbocycles. The lowest BCUT2D eigenvalue weighted by molar-refractivity contribution is -0.115. The molecule has 2 aromatic carbocycles. The number of ether oxygens (including phenoxy) is 1. The minimum atomic E-state index is -0.195. The number of piperidine rings is 2. The van der Waals surface area contributed by atoms with Gasteiger partial charge in [-0.15, -0.1) is 0 Å². The standard InChI is InChI=1S/C28H33N3O4/c1-34-22-11-9-20(10-12-22)19-25(32)29-26-23-7-3-4-8-24(23)35-27(26)28(33)31-17-13-21(14-18-31)30-15-5-2-6-16-30/h3-4,7-12,21H,2,5-6,13-19H2,1H3,(H,29,32). The summed E-state index contributed by atoms with van der Waals surface area (Å²) in [6, 6.07) is 15.4. The zero-order valence-corrected chi connectivity index (χ0v) is 20.3. The number of hydrogen-bond donors (Lipinski definition) is 1. The molecule has 2 saturated heterocycles. The first-order valence-electron chi connectivity index (χ1n) is 12.6. The van der Waals surface area contributed by atoms with Crippen molar-refractivity contribution in [1.82, 2.24) is 9.80 Å². The van der Waals surface area contributed by atoms with Gasteiger partial charge in [0.05, 0.1) is 13.5 Å². The number of carbonyl (C=O) groups is 2. The number of likely N-dealkylation sites (tertiary alicyclic amines) is 2. The lowest BCUT2D eigenvalue weighted by Gasteiger charge is -2.40. The minimum absolute atomic E-state index is 0.155. The molecule has 35 heavy (non-hydrogen) atoms. The SMILES string of the molecule is COc1ccc(CC(=O)Nc2c(C(=O)N3CCC(N4CCCCC4)CC3)oc3ccccc23)cc1. The molecule has 184 valence electrons. The van der Waals surface area contributed by atoms with Crippen LogP contribution in [0.4, 0.5) is 5.69 Å². The van der Waals surface area contributed by atoms with Crippen LogP contribution >= 0.6 is 0 Å². The van der Waals surface area contributed by atoms with Crippen LogP contribution in [-0.2, 0) is 11.2 Å². The van der Waals surface area contributed by atoms with Gasteiger partial charge >= 0.3 is 0 Å². The van der Waals surface area contributed by atoms with E-state index in [2.05, 4.69) is 10.2 Å². The van der Waals surface area contributed by atoms with Gasteiger partial charge in [-0.3, -0.25) is 9.59 Å². The Morgan fingerprint density at radius 3 is 2.40 bits per heavy atom. The Morgan fingerprint density at radius 1 is 0.971 bits per heavy atom. The lowest BCUT2D eigenvalue weighted by Crippen LogP contribution is -2.48. The van der Waals surface area contributed by atoms with Gasteiger partial charge in [0, 0.05) is 24.5 Å². The zero-order chi connectivity index (χ0) is 24.2. The number of furan rings is 1. The largest absolute Gasteiger partial charge is 0.497 e. The molecule has 2 aliphatic rings. The van der Waals surface area contributed by atoms with Gasteiger partial charge in [0.25, 0.3) is 5.91 Å². The Bertz CT molecular complexity index is 1170. The van der Waals surface area contributed by atoms with Crippen molar-refractivity contribution in [3.8, 4) is 5.75 Å². The van der Waals surface area contributed by atoms with E-state index in [1.54, 1.807) is 7.11 Å². The van der Waals surface area contributed by atoms with Crippen LogP contribution < -0.4 is 10.1 Å². The van der Waals surface area contributed by atoms with Crippen molar-refractivity contribution in [1.29, 1.82) is 0 Å². The Balaban J connectivity index is 1.30. The van der Waals surface area contributed by atoms with Crippen LogP contribution in [0.1, 0.15) is 48.2 Å². The molecule has 0 radical (unpaired) electrons. The molecule has 0 saturated carbocycles. The van der Waals surface area contributed by atoms with Crippen molar-refractivity contribution in [2.24, 2.45) is 0 Å². The van der Waals surface area contributed by atoms with Crippen molar-refractivity contribution in [2.45, 2.75) is 44.6 Å². The molecule has 3 aromatic rings. The molecule has 5 rings (SSSR count). The Labute approximate surface area is 206 Å². The summed E-state index contributed by atoms with van der Waals surface area (Å²) in [5.74, 6) is 0.607. The number of carbonyl (C=O) groups excluding carboxylic acids is 2. The molecule has 0 spiro atoms. The third-order valence-electron chi connectivity index (χ3n) is 7.24. The molecule has 2 amide bonds. The summed E-state index contributed by atoms with van der Waals surface area (Å²) < 4.78 is 11.2. The molecular formula is C28H33N3O4. The van der Waals surface area contributed by atoms with Crippen LogP contribution in [0.5, 0.6) is 5.75 Å². The van der Waals surface area contributed by atoms with E-state index < -0.39 is 0 Å². The summed E-state index contributed by atoms with van der Waals surface area (Å²) in [7, 11) is 1.61.